The molecule has 0 N–H and O–H groups in total. The Hall–Kier alpha value is -2.08. The SMILES string of the molecule is Cc1ccc2c(ncn2C2=NC(C)(C)C(F)(F)c3sccc32)c1C. The first-order valence-electron chi connectivity index (χ1n) is 7.73. The Morgan fingerprint density at radius 1 is 1.12 bits per heavy atom. The van der Waals surface area contributed by atoms with E-state index in [9.17, 15) is 8.78 Å². The lowest BCUT2D eigenvalue weighted by atomic mass is 9.90. The normalized spacial score (nSPS) is 18.5. The smallest absolute Gasteiger partial charge is 0.283 e. The van der Waals surface area contributed by atoms with Crippen molar-refractivity contribution in [2.24, 2.45) is 4.99 Å². The first kappa shape index (κ1) is 15.4. The summed E-state index contributed by atoms with van der Waals surface area (Å²) in [5.74, 6) is -2.45. The van der Waals surface area contributed by atoms with Crippen molar-refractivity contribution < 1.29 is 8.78 Å². The summed E-state index contributed by atoms with van der Waals surface area (Å²) in [6.07, 6.45) is 1.68. The van der Waals surface area contributed by atoms with Crippen molar-refractivity contribution >= 4 is 28.2 Å². The second-order valence-electron chi connectivity index (χ2n) is 6.72. The van der Waals surface area contributed by atoms with Gasteiger partial charge in [0.05, 0.1) is 15.9 Å². The number of fused-ring (bicyclic) bond motifs is 2. The molecule has 3 nitrogen and oxygen atoms in total. The molecule has 6 heteroatoms. The molecular weight excluding hydrogens is 328 g/mol. The first-order valence-corrected chi connectivity index (χ1v) is 8.61. The molecule has 0 amide bonds. The number of hydrogen-bond donors (Lipinski definition) is 0. The van der Waals surface area contributed by atoms with Crippen LogP contribution >= 0.6 is 11.3 Å². The van der Waals surface area contributed by atoms with Crippen LogP contribution in [0.25, 0.3) is 11.0 Å². The summed E-state index contributed by atoms with van der Waals surface area (Å²) in [4.78, 5) is 8.99. The fourth-order valence-corrected chi connectivity index (χ4v) is 4.10. The summed E-state index contributed by atoms with van der Waals surface area (Å²) >= 11 is 1.08. The van der Waals surface area contributed by atoms with Gasteiger partial charge in [-0.15, -0.1) is 11.3 Å². The number of rotatable bonds is 0. The van der Waals surface area contributed by atoms with Gasteiger partial charge in [-0.05, 0) is 56.3 Å². The molecule has 0 aliphatic carbocycles. The van der Waals surface area contributed by atoms with E-state index in [1.165, 1.54) is 13.8 Å². The Labute approximate surface area is 142 Å². The number of thiophene rings is 1. The van der Waals surface area contributed by atoms with Crippen LogP contribution in [0, 0.1) is 13.8 Å². The van der Waals surface area contributed by atoms with E-state index in [1.807, 2.05) is 30.5 Å². The highest BCUT2D eigenvalue weighted by molar-refractivity contribution is 7.10. The molecule has 4 rings (SSSR count). The molecule has 24 heavy (non-hydrogen) atoms. The van der Waals surface area contributed by atoms with E-state index in [2.05, 4.69) is 9.98 Å². The van der Waals surface area contributed by atoms with Crippen LogP contribution in [-0.4, -0.2) is 20.9 Å². The van der Waals surface area contributed by atoms with Crippen molar-refractivity contribution in [3.05, 3.63) is 51.5 Å². The molecule has 1 aliphatic heterocycles. The van der Waals surface area contributed by atoms with Gasteiger partial charge < -0.3 is 0 Å². The molecule has 0 bridgehead atoms. The number of aliphatic imine (C=N–C) groups is 1. The molecule has 2 aromatic heterocycles. The van der Waals surface area contributed by atoms with Crippen molar-refractivity contribution in [3.8, 4) is 0 Å². The zero-order valence-electron chi connectivity index (χ0n) is 13.9. The van der Waals surface area contributed by atoms with Gasteiger partial charge in [-0.2, -0.15) is 8.78 Å². The van der Waals surface area contributed by atoms with Crippen LogP contribution in [-0.2, 0) is 5.92 Å². The van der Waals surface area contributed by atoms with Gasteiger partial charge >= 0.3 is 5.92 Å². The van der Waals surface area contributed by atoms with E-state index in [0.717, 1.165) is 33.5 Å². The maximum Gasteiger partial charge on any atom is 0.307 e. The van der Waals surface area contributed by atoms with E-state index in [1.54, 1.807) is 17.8 Å². The molecule has 0 radical (unpaired) electrons. The topological polar surface area (TPSA) is 30.2 Å². The van der Waals surface area contributed by atoms with E-state index in [4.69, 9.17) is 0 Å². The molecule has 0 unspecified atom stereocenters. The molecule has 0 atom stereocenters. The van der Waals surface area contributed by atoms with E-state index < -0.39 is 11.5 Å². The number of aromatic nitrogens is 2. The average Bonchev–Trinajstić information content (AvgIpc) is 3.15. The minimum absolute atomic E-state index is 0.0724. The maximum absolute atomic E-state index is 14.7. The van der Waals surface area contributed by atoms with Gasteiger partial charge in [0.2, 0.25) is 0 Å². The van der Waals surface area contributed by atoms with Crippen LogP contribution in [0.3, 0.4) is 0 Å². The standard InChI is InChI=1S/C18H17F2N3S/c1-10-5-6-13-14(11(10)2)21-9-23(13)16-12-7-8-24-15(12)18(19,20)17(3,4)22-16/h5-9H,1-4H3. The van der Waals surface area contributed by atoms with E-state index in [-0.39, 0.29) is 4.88 Å². The highest BCUT2D eigenvalue weighted by Crippen LogP contribution is 2.48. The van der Waals surface area contributed by atoms with E-state index >= 15 is 0 Å². The van der Waals surface area contributed by atoms with Gasteiger partial charge in [0.25, 0.3) is 0 Å². The fraction of sp³-hybridized carbons (Fsp3) is 0.333. The zero-order chi connectivity index (χ0) is 17.3. The van der Waals surface area contributed by atoms with Gasteiger partial charge in [0, 0.05) is 5.56 Å². The minimum Gasteiger partial charge on any atom is -0.283 e. The third-order valence-corrected chi connectivity index (χ3v) is 5.80. The molecule has 3 heterocycles. The van der Waals surface area contributed by atoms with Gasteiger partial charge in [-0.1, -0.05) is 6.07 Å². The van der Waals surface area contributed by atoms with Crippen molar-refractivity contribution in [1.29, 1.82) is 0 Å². The summed E-state index contributed by atoms with van der Waals surface area (Å²) in [6.45, 7) is 7.01. The molecule has 1 aliphatic rings. The van der Waals surface area contributed by atoms with Gasteiger partial charge in [-0.25, -0.2) is 4.98 Å². The molecule has 1 aromatic carbocycles. The molecule has 0 spiro atoms. The predicted octanol–water partition coefficient (Wildman–Crippen LogP) is 4.89. The molecule has 0 saturated carbocycles. The predicted molar refractivity (Wildman–Crippen MR) is 93.4 cm³/mol. The lowest BCUT2D eigenvalue weighted by molar-refractivity contribution is -0.0649. The molecular formula is C18H17F2N3S. The van der Waals surface area contributed by atoms with Gasteiger partial charge in [0.1, 0.15) is 17.7 Å². The Morgan fingerprint density at radius 2 is 1.88 bits per heavy atom. The van der Waals surface area contributed by atoms with Crippen LogP contribution < -0.4 is 0 Å². The summed E-state index contributed by atoms with van der Waals surface area (Å²) in [7, 11) is 0. The van der Waals surface area contributed by atoms with Crippen molar-refractivity contribution in [2.75, 3.05) is 0 Å². The van der Waals surface area contributed by atoms with Crippen LogP contribution in [0.15, 0.2) is 34.9 Å². The Kier molecular flexibility index (Phi) is 3.04. The molecule has 3 aromatic rings. The highest BCUT2D eigenvalue weighted by Gasteiger charge is 2.54. The second kappa shape index (κ2) is 4.72. The van der Waals surface area contributed by atoms with Crippen LogP contribution in [0.4, 0.5) is 8.78 Å². The highest BCUT2D eigenvalue weighted by atomic mass is 32.1. The maximum atomic E-state index is 14.7. The van der Waals surface area contributed by atoms with Crippen molar-refractivity contribution in [2.45, 2.75) is 39.2 Å². The van der Waals surface area contributed by atoms with Crippen LogP contribution in [0.1, 0.15) is 35.4 Å². The van der Waals surface area contributed by atoms with E-state index in [0.29, 0.717) is 11.4 Å². The zero-order valence-corrected chi connectivity index (χ0v) is 14.7. The van der Waals surface area contributed by atoms with Gasteiger partial charge in [0.15, 0.2) is 0 Å². The number of alkyl halides is 2. The first-order chi connectivity index (χ1) is 11.2. The second-order valence-corrected chi connectivity index (χ2v) is 7.64. The van der Waals surface area contributed by atoms with Gasteiger partial charge in [-0.3, -0.25) is 9.56 Å². The summed E-state index contributed by atoms with van der Waals surface area (Å²) in [5.41, 5.74) is 3.00. The average molecular weight is 345 g/mol. The molecule has 0 fully saturated rings. The fourth-order valence-electron chi connectivity index (χ4n) is 3.08. The minimum atomic E-state index is -2.98. The summed E-state index contributed by atoms with van der Waals surface area (Å²) < 4.78 is 31.3. The lowest BCUT2D eigenvalue weighted by Crippen LogP contribution is -2.44. The monoisotopic (exact) mass is 345 g/mol. The lowest BCUT2D eigenvalue weighted by Gasteiger charge is -2.35. The Morgan fingerprint density at radius 3 is 2.62 bits per heavy atom. The number of hydrogen-bond acceptors (Lipinski definition) is 3. The quantitative estimate of drug-likeness (QED) is 0.570. The molecule has 0 saturated heterocycles. The number of aryl methyl sites for hydroxylation is 2. The Balaban J connectivity index is 2.01. The number of halogens is 2. The number of nitrogens with zero attached hydrogens (tertiary/aromatic N) is 3. The van der Waals surface area contributed by atoms with Crippen LogP contribution in [0.5, 0.6) is 0 Å². The molecule has 124 valence electrons. The summed E-state index contributed by atoms with van der Waals surface area (Å²) in [6, 6.07) is 5.71. The number of imidazole rings is 1. The van der Waals surface area contributed by atoms with Crippen LogP contribution in [0.2, 0.25) is 0 Å². The Bertz CT molecular complexity index is 995. The largest absolute Gasteiger partial charge is 0.307 e. The third-order valence-electron chi connectivity index (χ3n) is 4.82. The van der Waals surface area contributed by atoms with Crippen molar-refractivity contribution in [3.63, 3.8) is 0 Å². The van der Waals surface area contributed by atoms with Crippen molar-refractivity contribution in [1.82, 2.24) is 9.55 Å². The number of benzene rings is 1. The third kappa shape index (κ3) is 1.86. The summed E-state index contributed by atoms with van der Waals surface area (Å²) in [5, 5.41) is 1.70.